The number of oxime groups is 1. The molecular formula is C21H27ClN2O6. The average Bonchev–Trinajstić information content (AvgIpc) is 2.73. The van der Waals surface area contributed by atoms with Crippen LogP contribution in [-0.4, -0.2) is 56.7 Å². The second-order valence-corrected chi connectivity index (χ2v) is 7.30. The SMILES string of the molecule is CCC1(C(=O)O)C(COCC=NOC)NC(C)=C(C(=O)OC)C1c1ccccc1Cl. The number of allylic oxidation sites excluding steroid dienone is 1. The molecule has 164 valence electrons. The van der Waals surface area contributed by atoms with E-state index < -0.39 is 29.3 Å². The lowest BCUT2D eigenvalue weighted by Crippen LogP contribution is -2.59. The van der Waals surface area contributed by atoms with E-state index >= 15 is 0 Å². The number of carboxylic acid groups (broad SMARTS) is 1. The summed E-state index contributed by atoms with van der Waals surface area (Å²) in [5.41, 5.74) is -0.0919. The molecule has 0 saturated heterocycles. The van der Waals surface area contributed by atoms with Gasteiger partial charge >= 0.3 is 11.9 Å². The van der Waals surface area contributed by atoms with Crippen LogP contribution in [0.25, 0.3) is 0 Å². The Labute approximate surface area is 180 Å². The number of methoxy groups -OCH3 is 1. The molecule has 3 unspecified atom stereocenters. The number of carbonyl (C=O) groups is 2. The summed E-state index contributed by atoms with van der Waals surface area (Å²) in [6, 6.07) is 6.31. The van der Waals surface area contributed by atoms with Gasteiger partial charge in [-0.25, -0.2) is 4.79 Å². The second kappa shape index (κ2) is 10.4. The third kappa shape index (κ3) is 4.44. The molecule has 0 spiro atoms. The molecule has 0 saturated carbocycles. The molecule has 2 N–H and O–H groups in total. The molecule has 2 rings (SSSR count). The lowest BCUT2D eigenvalue weighted by Gasteiger charge is -2.48. The first kappa shape index (κ1) is 23.7. The maximum atomic E-state index is 12.8. The van der Waals surface area contributed by atoms with Gasteiger partial charge in [0.05, 0.1) is 38.2 Å². The summed E-state index contributed by atoms with van der Waals surface area (Å²) in [5, 5.41) is 17.6. The first-order valence-electron chi connectivity index (χ1n) is 9.51. The van der Waals surface area contributed by atoms with Gasteiger partial charge in [-0.3, -0.25) is 4.79 Å². The normalized spacial score (nSPS) is 23.9. The Hall–Kier alpha value is -2.58. The van der Waals surface area contributed by atoms with Crippen LogP contribution < -0.4 is 5.32 Å². The number of nitrogens with one attached hydrogen (secondary N) is 1. The molecule has 1 heterocycles. The van der Waals surface area contributed by atoms with Crippen molar-refractivity contribution < 1.29 is 29.0 Å². The molecule has 0 bridgehead atoms. The van der Waals surface area contributed by atoms with Gasteiger partial charge in [0.15, 0.2) is 0 Å². The largest absolute Gasteiger partial charge is 0.481 e. The van der Waals surface area contributed by atoms with Gasteiger partial charge < -0.3 is 24.7 Å². The molecule has 30 heavy (non-hydrogen) atoms. The molecule has 8 nitrogen and oxygen atoms in total. The molecule has 0 fully saturated rings. The maximum absolute atomic E-state index is 12.8. The zero-order valence-electron chi connectivity index (χ0n) is 17.5. The maximum Gasteiger partial charge on any atom is 0.336 e. The Morgan fingerprint density at radius 1 is 1.33 bits per heavy atom. The van der Waals surface area contributed by atoms with E-state index in [1.165, 1.54) is 20.4 Å². The molecule has 0 aliphatic carbocycles. The summed E-state index contributed by atoms with van der Waals surface area (Å²) in [6.45, 7) is 3.71. The van der Waals surface area contributed by atoms with Crippen molar-refractivity contribution in [2.24, 2.45) is 10.6 Å². The number of carboxylic acids is 1. The predicted molar refractivity (Wildman–Crippen MR) is 113 cm³/mol. The molecule has 0 amide bonds. The molecule has 0 radical (unpaired) electrons. The summed E-state index contributed by atoms with van der Waals surface area (Å²) in [7, 11) is 2.69. The van der Waals surface area contributed by atoms with E-state index in [0.29, 0.717) is 16.3 Å². The Balaban J connectivity index is 2.64. The predicted octanol–water partition coefficient (Wildman–Crippen LogP) is 2.97. The number of ether oxygens (including phenoxy) is 2. The van der Waals surface area contributed by atoms with Gasteiger partial charge in [0.2, 0.25) is 0 Å². The van der Waals surface area contributed by atoms with Crippen molar-refractivity contribution in [2.75, 3.05) is 27.4 Å². The molecule has 1 aromatic carbocycles. The molecule has 9 heteroatoms. The van der Waals surface area contributed by atoms with Gasteiger partial charge in [-0.2, -0.15) is 0 Å². The number of benzene rings is 1. The van der Waals surface area contributed by atoms with Crippen molar-refractivity contribution in [3.63, 3.8) is 0 Å². The minimum atomic E-state index is -1.41. The third-order valence-corrected chi connectivity index (χ3v) is 5.83. The Morgan fingerprint density at radius 3 is 2.60 bits per heavy atom. The lowest BCUT2D eigenvalue weighted by molar-refractivity contribution is -0.155. The molecular weight excluding hydrogens is 412 g/mol. The molecule has 0 aromatic heterocycles. The van der Waals surface area contributed by atoms with Crippen molar-refractivity contribution in [3.8, 4) is 0 Å². The van der Waals surface area contributed by atoms with E-state index in [-0.39, 0.29) is 25.2 Å². The van der Waals surface area contributed by atoms with E-state index in [1.807, 2.05) is 0 Å². The third-order valence-electron chi connectivity index (χ3n) is 5.48. The fraction of sp³-hybridized carbons (Fsp3) is 0.476. The highest BCUT2D eigenvalue weighted by molar-refractivity contribution is 6.31. The number of hydrogen-bond acceptors (Lipinski definition) is 7. The molecule has 1 aromatic rings. The summed E-state index contributed by atoms with van der Waals surface area (Å²) < 4.78 is 10.6. The second-order valence-electron chi connectivity index (χ2n) is 6.89. The van der Waals surface area contributed by atoms with Crippen molar-refractivity contribution in [2.45, 2.75) is 32.2 Å². The van der Waals surface area contributed by atoms with Crippen LogP contribution in [0.4, 0.5) is 0 Å². The molecule has 3 atom stereocenters. The van der Waals surface area contributed by atoms with E-state index in [4.69, 9.17) is 21.1 Å². The Bertz CT molecular complexity index is 841. The number of esters is 1. The standard InChI is InChI=1S/C21H27ClN2O6/c1-5-21(20(26)27)16(12-30-11-10-23-29-4)24-13(2)17(19(25)28-3)18(21)14-8-6-7-9-15(14)22/h6-10,16,18,24H,5,11-12H2,1-4H3,(H,26,27). The number of hydrogen-bond donors (Lipinski definition) is 2. The Morgan fingerprint density at radius 2 is 2.03 bits per heavy atom. The minimum Gasteiger partial charge on any atom is -0.481 e. The number of aliphatic carboxylic acids is 1. The van der Waals surface area contributed by atoms with Crippen LogP contribution in [0, 0.1) is 5.41 Å². The van der Waals surface area contributed by atoms with Crippen molar-refractivity contribution in [1.29, 1.82) is 0 Å². The fourth-order valence-electron chi connectivity index (χ4n) is 4.07. The van der Waals surface area contributed by atoms with E-state index in [1.54, 1.807) is 38.1 Å². The lowest BCUT2D eigenvalue weighted by atomic mass is 9.60. The molecule has 1 aliphatic heterocycles. The average molecular weight is 439 g/mol. The smallest absolute Gasteiger partial charge is 0.336 e. The van der Waals surface area contributed by atoms with Crippen LogP contribution in [0.3, 0.4) is 0 Å². The van der Waals surface area contributed by atoms with Crippen LogP contribution in [0.5, 0.6) is 0 Å². The first-order valence-corrected chi connectivity index (χ1v) is 9.89. The monoisotopic (exact) mass is 438 g/mol. The zero-order chi connectivity index (χ0) is 22.3. The van der Waals surface area contributed by atoms with Crippen LogP contribution >= 0.6 is 11.6 Å². The summed E-state index contributed by atoms with van der Waals surface area (Å²) in [6.07, 6.45) is 1.66. The van der Waals surface area contributed by atoms with E-state index in [9.17, 15) is 14.7 Å². The van der Waals surface area contributed by atoms with Gasteiger partial charge in [0, 0.05) is 16.6 Å². The molecule has 1 aliphatic rings. The number of carbonyl (C=O) groups excluding carboxylic acids is 1. The van der Waals surface area contributed by atoms with Crippen LogP contribution in [0.2, 0.25) is 5.02 Å². The summed E-state index contributed by atoms with van der Waals surface area (Å²) in [5.74, 6) is -2.49. The highest BCUT2D eigenvalue weighted by Crippen LogP contribution is 2.52. The minimum absolute atomic E-state index is 0.0720. The van der Waals surface area contributed by atoms with Gasteiger partial charge in [-0.05, 0) is 25.0 Å². The number of nitrogens with zero attached hydrogens (tertiary/aromatic N) is 1. The van der Waals surface area contributed by atoms with Gasteiger partial charge in [-0.15, -0.1) is 0 Å². The first-order chi connectivity index (χ1) is 14.3. The summed E-state index contributed by atoms with van der Waals surface area (Å²) in [4.78, 5) is 30.1. The number of halogens is 1. The zero-order valence-corrected chi connectivity index (χ0v) is 18.2. The fourth-order valence-corrected chi connectivity index (χ4v) is 4.32. The quantitative estimate of drug-likeness (QED) is 0.264. The van der Waals surface area contributed by atoms with Gasteiger partial charge in [0.25, 0.3) is 0 Å². The topological polar surface area (TPSA) is 106 Å². The van der Waals surface area contributed by atoms with E-state index in [0.717, 1.165) is 0 Å². The van der Waals surface area contributed by atoms with Crippen LogP contribution in [0.1, 0.15) is 31.7 Å². The van der Waals surface area contributed by atoms with Crippen molar-refractivity contribution in [3.05, 3.63) is 46.1 Å². The van der Waals surface area contributed by atoms with Crippen LogP contribution in [0.15, 0.2) is 40.7 Å². The summed E-state index contributed by atoms with van der Waals surface area (Å²) >= 11 is 6.47. The van der Waals surface area contributed by atoms with Crippen molar-refractivity contribution in [1.82, 2.24) is 5.32 Å². The van der Waals surface area contributed by atoms with Gasteiger partial charge in [0.1, 0.15) is 12.5 Å². The highest BCUT2D eigenvalue weighted by atomic mass is 35.5. The van der Waals surface area contributed by atoms with E-state index in [2.05, 4.69) is 15.3 Å². The number of rotatable bonds is 9. The van der Waals surface area contributed by atoms with Gasteiger partial charge in [-0.1, -0.05) is 41.9 Å². The van der Waals surface area contributed by atoms with Crippen molar-refractivity contribution >= 4 is 29.8 Å². The Kier molecular flexibility index (Phi) is 8.25. The highest BCUT2D eigenvalue weighted by Gasteiger charge is 2.57. The van der Waals surface area contributed by atoms with Crippen LogP contribution in [-0.2, 0) is 23.9 Å².